The van der Waals surface area contributed by atoms with Gasteiger partial charge in [0.15, 0.2) is 18.1 Å². The molecule has 7 heteroatoms. The average Bonchev–Trinajstić information content (AvgIpc) is 2.86. The first-order chi connectivity index (χ1) is 16.4. The van der Waals surface area contributed by atoms with Crippen molar-refractivity contribution < 1.29 is 23.8 Å². The van der Waals surface area contributed by atoms with Crippen molar-refractivity contribution in [3.8, 4) is 17.2 Å². The molecule has 0 radical (unpaired) electrons. The molecule has 0 spiro atoms. The Morgan fingerprint density at radius 1 is 0.853 bits per heavy atom. The molecule has 0 aliphatic heterocycles. The number of carbonyl (C=O) groups excluding carboxylic acids is 2. The van der Waals surface area contributed by atoms with Gasteiger partial charge in [0.25, 0.3) is 11.8 Å². The van der Waals surface area contributed by atoms with Crippen LogP contribution in [0.1, 0.15) is 29.8 Å². The Balaban J connectivity index is 1.69. The van der Waals surface area contributed by atoms with Crippen molar-refractivity contribution >= 4 is 17.5 Å². The first kappa shape index (κ1) is 24.6. The molecule has 0 unspecified atom stereocenters. The summed E-state index contributed by atoms with van der Waals surface area (Å²) in [6.45, 7) is 4.24. The molecule has 2 amide bonds. The molecule has 0 fully saturated rings. The SMILES string of the molecule is COc1ccccc1NC(=O)COc1ccc(C(=O)N(Cc2ccccc2)C(C)C)cc1OC. The van der Waals surface area contributed by atoms with Gasteiger partial charge < -0.3 is 24.4 Å². The lowest BCUT2D eigenvalue weighted by Gasteiger charge is -2.27. The van der Waals surface area contributed by atoms with Gasteiger partial charge in [0.05, 0.1) is 19.9 Å². The first-order valence-electron chi connectivity index (χ1n) is 11.0. The fourth-order valence-corrected chi connectivity index (χ4v) is 3.43. The van der Waals surface area contributed by atoms with Gasteiger partial charge in [0.1, 0.15) is 5.75 Å². The molecule has 0 bridgehead atoms. The number of amides is 2. The van der Waals surface area contributed by atoms with Crippen molar-refractivity contribution in [2.75, 3.05) is 26.1 Å². The molecule has 0 saturated carbocycles. The number of nitrogens with zero attached hydrogens (tertiary/aromatic N) is 1. The fourth-order valence-electron chi connectivity index (χ4n) is 3.43. The molecule has 0 aromatic heterocycles. The largest absolute Gasteiger partial charge is 0.495 e. The minimum atomic E-state index is -0.347. The van der Waals surface area contributed by atoms with E-state index in [9.17, 15) is 9.59 Å². The molecule has 3 rings (SSSR count). The van der Waals surface area contributed by atoms with E-state index in [0.717, 1.165) is 5.56 Å². The monoisotopic (exact) mass is 462 g/mol. The molecule has 34 heavy (non-hydrogen) atoms. The van der Waals surface area contributed by atoms with Gasteiger partial charge in [-0.1, -0.05) is 42.5 Å². The van der Waals surface area contributed by atoms with Gasteiger partial charge in [-0.2, -0.15) is 0 Å². The highest BCUT2D eigenvalue weighted by molar-refractivity contribution is 5.95. The second kappa shape index (κ2) is 11.7. The van der Waals surface area contributed by atoms with Crippen LogP contribution in [0.2, 0.25) is 0 Å². The van der Waals surface area contributed by atoms with Crippen molar-refractivity contribution in [3.05, 3.63) is 83.9 Å². The van der Waals surface area contributed by atoms with Gasteiger partial charge in [-0.3, -0.25) is 9.59 Å². The Hall–Kier alpha value is -4.00. The van der Waals surface area contributed by atoms with Crippen LogP contribution in [0.3, 0.4) is 0 Å². The highest BCUT2D eigenvalue weighted by Gasteiger charge is 2.21. The van der Waals surface area contributed by atoms with Crippen molar-refractivity contribution in [2.24, 2.45) is 0 Å². The second-order valence-electron chi connectivity index (χ2n) is 7.92. The number of anilines is 1. The standard InChI is InChI=1S/C27H30N2O5/c1-19(2)29(17-20-10-6-5-7-11-20)27(31)21-14-15-24(25(16-21)33-4)34-18-26(30)28-22-12-8-9-13-23(22)32-3/h5-16,19H,17-18H2,1-4H3,(H,28,30). The quantitative estimate of drug-likeness (QED) is 0.470. The van der Waals surface area contributed by atoms with Crippen LogP contribution in [0.15, 0.2) is 72.8 Å². The summed E-state index contributed by atoms with van der Waals surface area (Å²) in [6.07, 6.45) is 0. The predicted octanol–water partition coefficient (Wildman–Crippen LogP) is 4.77. The molecule has 0 heterocycles. The molecular formula is C27H30N2O5. The summed E-state index contributed by atoms with van der Waals surface area (Å²) in [4.78, 5) is 27.4. The maximum Gasteiger partial charge on any atom is 0.262 e. The van der Waals surface area contributed by atoms with Crippen LogP contribution in [0, 0.1) is 0 Å². The van der Waals surface area contributed by atoms with E-state index in [-0.39, 0.29) is 24.5 Å². The molecule has 3 aromatic rings. The fraction of sp³-hybridized carbons (Fsp3) is 0.259. The lowest BCUT2D eigenvalue weighted by Crippen LogP contribution is -2.36. The molecule has 1 N–H and O–H groups in total. The van der Waals surface area contributed by atoms with E-state index < -0.39 is 0 Å². The maximum absolute atomic E-state index is 13.3. The number of para-hydroxylation sites is 2. The van der Waals surface area contributed by atoms with E-state index in [0.29, 0.717) is 35.0 Å². The van der Waals surface area contributed by atoms with Crippen LogP contribution < -0.4 is 19.5 Å². The number of nitrogens with one attached hydrogen (secondary N) is 1. The lowest BCUT2D eigenvalue weighted by molar-refractivity contribution is -0.118. The van der Waals surface area contributed by atoms with Crippen LogP contribution in [0.5, 0.6) is 17.2 Å². The minimum absolute atomic E-state index is 0.00769. The normalized spacial score (nSPS) is 10.5. The van der Waals surface area contributed by atoms with Crippen molar-refractivity contribution in [1.29, 1.82) is 0 Å². The molecular weight excluding hydrogens is 432 g/mol. The summed E-state index contributed by atoms with van der Waals surface area (Å²) in [7, 11) is 3.03. The lowest BCUT2D eigenvalue weighted by atomic mass is 10.1. The average molecular weight is 463 g/mol. The molecule has 7 nitrogen and oxygen atoms in total. The Morgan fingerprint density at radius 3 is 2.21 bits per heavy atom. The summed E-state index contributed by atoms with van der Waals surface area (Å²) >= 11 is 0. The number of methoxy groups -OCH3 is 2. The van der Waals surface area contributed by atoms with Gasteiger partial charge in [-0.15, -0.1) is 0 Å². The number of hydrogen-bond donors (Lipinski definition) is 1. The number of carbonyl (C=O) groups is 2. The van der Waals surface area contributed by atoms with Crippen LogP contribution in [-0.2, 0) is 11.3 Å². The van der Waals surface area contributed by atoms with Crippen molar-refractivity contribution in [2.45, 2.75) is 26.4 Å². The van der Waals surface area contributed by atoms with Crippen LogP contribution in [0.4, 0.5) is 5.69 Å². The third kappa shape index (κ3) is 6.28. The van der Waals surface area contributed by atoms with E-state index in [1.54, 1.807) is 41.3 Å². The maximum atomic E-state index is 13.3. The summed E-state index contributed by atoms with van der Waals surface area (Å²) < 4.78 is 16.3. The van der Waals surface area contributed by atoms with Gasteiger partial charge in [-0.25, -0.2) is 0 Å². The molecule has 0 aliphatic rings. The van der Waals surface area contributed by atoms with E-state index in [2.05, 4.69) is 5.32 Å². The Morgan fingerprint density at radius 2 is 1.53 bits per heavy atom. The number of benzene rings is 3. The zero-order valence-corrected chi connectivity index (χ0v) is 19.9. The second-order valence-corrected chi connectivity index (χ2v) is 7.92. The van der Waals surface area contributed by atoms with Gasteiger partial charge >= 0.3 is 0 Å². The summed E-state index contributed by atoms with van der Waals surface area (Å²) in [6, 6.07) is 21.9. The third-order valence-electron chi connectivity index (χ3n) is 5.23. The molecule has 178 valence electrons. The van der Waals surface area contributed by atoms with E-state index in [1.165, 1.54) is 14.2 Å². The number of hydrogen-bond acceptors (Lipinski definition) is 5. The first-order valence-corrected chi connectivity index (χ1v) is 11.0. The number of ether oxygens (including phenoxy) is 3. The predicted molar refractivity (Wildman–Crippen MR) is 132 cm³/mol. The highest BCUT2D eigenvalue weighted by atomic mass is 16.5. The van der Waals surface area contributed by atoms with Crippen LogP contribution >= 0.6 is 0 Å². The summed E-state index contributed by atoms with van der Waals surface area (Å²) in [5.74, 6) is 0.840. The molecule has 0 aliphatic carbocycles. The molecule has 0 atom stereocenters. The number of rotatable bonds is 10. The zero-order chi connectivity index (χ0) is 24.5. The molecule has 3 aromatic carbocycles. The summed E-state index contributed by atoms with van der Waals surface area (Å²) in [5, 5.41) is 2.76. The van der Waals surface area contributed by atoms with Crippen molar-refractivity contribution in [1.82, 2.24) is 4.90 Å². The Labute approximate surface area is 200 Å². The van der Waals surface area contributed by atoms with Gasteiger partial charge in [0.2, 0.25) is 0 Å². The van der Waals surface area contributed by atoms with Gasteiger partial charge in [-0.05, 0) is 49.7 Å². The Kier molecular flexibility index (Phi) is 8.51. The third-order valence-corrected chi connectivity index (χ3v) is 5.23. The molecule has 0 saturated heterocycles. The topological polar surface area (TPSA) is 77.1 Å². The van der Waals surface area contributed by atoms with Gasteiger partial charge in [0, 0.05) is 18.2 Å². The van der Waals surface area contributed by atoms with E-state index in [1.807, 2.05) is 50.2 Å². The smallest absolute Gasteiger partial charge is 0.262 e. The summed E-state index contributed by atoms with van der Waals surface area (Å²) in [5.41, 5.74) is 2.09. The zero-order valence-electron chi connectivity index (χ0n) is 19.9. The minimum Gasteiger partial charge on any atom is -0.495 e. The van der Waals surface area contributed by atoms with Crippen molar-refractivity contribution in [3.63, 3.8) is 0 Å². The highest BCUT2D eigenvalue weighted by Crippen LogP contribution is 2.29. The van der Waals surface area contributed by atoms with Crippen LogP contribution in [-0.4, -0.2) is 43.6 Å². The Bertz CT molecular complexity index is 1120. The van der Waals surface area contributed by atoms with E-state index >= 15 is 0 Å². The van der Waals surface area contributed by atoms with E-state index in [4.69, 9.17) is 14.2 Å². The van der Waals surface area contributed by atoms with Crippen LogP contribution in [0.25, 0.3) is 0 Å².